The zero-order valence-corrected chi connectivity index (χ0v) is 11.8. The molecule has 2 rings (SSSR count). The van der Waals surface area contributed by atoms with E-state index in [1.165, 1.54) is 11.1 Å². The third-order valence-corrected chi connectivity index (χ3v) is 3.89. The molecule has 1 heteroatoms. The maximum Gasteiger partial charge on any atom is 0.134 e. The van der Waals surface area contributed by atoms with Crippen LogP contribution in [0.5, 0.6) is 0 Å². The summed E-state index contributed by atoms with van der Waals surface area (Å²) in [6.45, 7) is 6.18. The molecule has 0 aliphatic rings. The summed E-state index contributed by atoms with van der Waals surface area (Å²) in [4.78, 5) is 11.8. The van der Waals surface area contributed by atoms with Crippen LogP contribution in [-0.4, -0.2) is 6.29 Å². The fourth-order valence-electron chi connectivity index (χ4n) is 2.50. The molecule has 98 valence electrons. The highest BCUT2D eigenvalue weighted by Crippen LogP contribution is 2.34. The third-order valence-electron chi connectivity index (χ3n) is 3.89. The van der Waals surface area contributed by atoms with Gasteiger partial charge in [-0.25, -0.2) is 0 Å². The predicted molar refractivity (Wildman–Crippen MR) is 79.5 cm³/mol. The van der Waals surface area contributed by atoms with Crippen LogP contribution in [-0.2, 0) is 10.2 Å². The molecule has 0 heterocycles. The lowest BCUT2D eigenvalue weighted by molar-refractivity contribution is -0.111. The van der Waals surface area contributed by atoms with Crippen LogP contribution in [0.25, 0.3) is 0 Å². The fraction of sp³-hybridized carbons (Fsp3) is 0.278. The molecule has 0 atom stereocenters. The molecule has 0 amide bonds. The van der Waals surface area contributed by atoms with Crippen molar-refractivity contribution in [2.24, 2.45) is 0 Å². The van der Waals surface area contributed by atoms with Gasteiger partial charge in [0.2, 0.25) is 0 Å². The Kier molecular flexibility index (Phi) is 3.84. The highest BCUT2D eigenvalue weighted by Gasteiger charge is 2.31. The number of aryl methyl sites for hydroxylation is 2. The maximum atomic E-state index is 11.8. The predicted octanol–water partition coefficient (Wildman–Crippen LogP) is 4.20. The molecule has 0 saturated heterocycles. The molecule has 0 radical (unpaired) electrons. The van der Waals surface area contributed by atoms with Crippen molar-refractivity contribution in [3.8, 4) is 0 Å². The van der Waals surface area contributed by atoms with E-state index in [-0.39, 0.29) is 0 Å². The SMILES string of the molecule is CCC(C=O)(c1ccc(C)cc1)c1ccc(C)cc1. The smallest absolute Gasteiger partial charge is 0.134 e. The van der Waals surface area contributed by atoms with Crippen LogP contribution in [0.4, 0.5) is 0 Å². The number of benzene rings is 2. The maximum absolute atomic E-state index is 11.8. The van der Waals surface area contributed by atoms with Crippen LogP contribution in [0.15, 0.2) is 48.5 Å². The van der Waals surface area contributed by atoms with Gasteiger partial charge in [0.05, 0.1) is 5.41 Å². The largest absolute Gasteiger partial charge is 0.302 e. The Bertz CT molecular complexity index is 504. The van der Waals surface area contributed by atoms with Crippen LogP contribution in [0.1, 0.15) is 35.6 Å². The van der Waals surface area contributed by atoms with E-state index in [1.54, 1.807) is 0 Å². The molecule has 2 aromatic carbocycles. The van der Waals surface area contributed by atoms with E-state index in [2.05, 4.69) is 69.3 Å². The second kappa shape index (κ2) is 5.40. The minimum atomic E-state index is -0.526. The third kappa shape index (κ3) is 2.46. The van der Waals surface area contributed by atoms with Crippen molar-refractivity contribution in [1.82, 2.24) is 0 Å². The summed E-state index contributed by atoms with van der Waals surface area (Å²) in [6, 6.07) is 16.5. The van der Waals surface area contributed by atoms with Gasteiger partial charge in [0.15, 0.2) is 0 Å². The van der Waals surface area contributed by atoms with Crippen molar-refractivity contribution in [3.63, 3.8) is 0 Å². The van der Waals surface area contributed by atoms with Gasteiger partial charge in [0.1, 0.15) is 6.29 Å². The van der Waals surface area contributed by atoms with Crippen molar-refractivity contribution in [2.45, 2.75) is 32.6 Å². The molecule has 19 heavy (non-hydrogen) atoms. The van der Waals surface area contributed by atoms with Gasteiger partial charge >= 0.3 is 0 Å². The van der Waals surface area contributed by atoms with Crippen molar-refractivity contribution in [1.29, 1.82) is 0 Å². The van der Waals surface area contributed by atoms with Crippen LogP contribution in [0, 0.1) is 13.8 Å². The highest BCUT2D eigenvalue weighted by atomic mass is 16.1. The Morgan fingerprint density at radius 3 is 1.47 bits per heavy atom. The van der Waals surface area contributed by atoms with E-state index >= 15 is 0 Å². The zero-order chi connectivity index (χ0) is 13.9. The van der Waals surface area contributed by atoms with E-state index in [0.717, 1.165) is 23.8 Å². The molecule has 2 aromatic rings. The first-order valence-corrected chi connectivity index (χ1v) is 6.73. The van der Waals surface area contributed by atoms with Gasteiger partial charge < -0.3 is 4.79 Å². The van der Waals surface area contributed by atoms with Crippen LogP contribution in [0.3, 0.4) is 0 Å². The summed E-state index contributed by atoms with van der Waals surface area (Å²) in [6.07, 6.45) is 1.85. The van der Waals surface area contributed by atoms with Gasteiger partial charge in [-0.15, -0.1) is 0 Å². The van der Waals surface area contributed by atoms with Gasteiger partial charge in [-0.05, 0) is 31.4 Å². The zero-order valence-electron chi connectivity index (χ0n) is 11.8. The van der Waals surface area contributed by atoms with E-state index < -0.39 is 5.41 Å². The number of rotatable bonds is 4. The highest BCUT2D eigenvalue weighted by molar-refractivity contribution is 5.75. The summed E-state index contributed by atoms with van der Waals surface area (Å²) in [5.41, 5.74) is 4.03. The van der Waals surface area contributed by atoms with E-state index in [4.69, 9.17) is 0 Å². The summed E-state index contributed by atoms with van der Waals surface area (Å²) < 4.78 is 0. The summed E-state index contributed by atoms with van der Waals surface area (Å²) in [5.74, 6) is 0. The van der Waals surface area contributed by atoms with Crippen molar-refractivity contribution >= 4 is 6.29 Å². The number of aldehydes is 1. The molecular weight excluding hydrogens is 232 g/mol. The first-order chi connectivity index (χ1) is 9.12. The molecule has 0 fully saturated rings. The van der Waals surface area contributed by atoms with E-state index in [1.807, 2.05) is 0 Å². The Morgan fingerprint density at radius 1 is 0.842 bits per heavy atom. The van der Waals surface area contributed by atoms with Crippen molar-refractivity contribution in [3.05, 3.63) is 70.8 Å². The van der Waals surface area contributed by atoms with E-state index in [9.17, 15) is 4.79 Å². The lowest BCUT2D eigenvalue weighted by Crippen LogP contribution is -2.28. The van der Waals surface area contributed by atoms with Gasteiger partial charge in [-0.2, -0.15) is 0 Å². The van der Waals surface area contributed by atoms with Gasteiger partial charge in [0.25, 0.3) is 0 Å². The first kappa shape index (κ1) is 13.5. The quantitative estimate of drug-likeness (QED) is 0.745. The minimum Gasteiger partial charge on any atom is -0.302 e. The molecule has 0 aromatic heterocycles. The van der Waals surface area contributed by atoms with Crippen molar-refractivity contribution < 1.29 is 4.79 Å². The molecule has 0 bridgehead atoms. The summed E-state index contributed by atoms with van der Waals surface area (Å²) >= 11 is 0. The first-order valence-electron chi connectivity index (χ1n) is 6.73. The van der Waals surface area contributed by atoms with Crippen molar-refractivity contribution in [2.75, 3.05) is 0 Å². The van der Waals surface area contributed by atoms with Crippen LogP contribution in [0.2, 0.25) is 0 Å². The van der Waals surface area contributed by atoms with Gasteiger partial charge in [-0.3, -0.25) is 0 Å². The van der Waals surface area contributed by atoms with Crippen LogP contribution >= 0.6 is 0 Å². The second-order valence-electron chi connectivity index (χ2n) is 5.17. The molecule has 0 saturated carbocycles. The molecule has 0 aliphatic carbocycles. The number of carbonyl (C=O) groups excluding carboxylic acids is 1. The van der Waals surface area contributed by atoms with Crippen LogP contribution < -0.4 is 0 Å². The molecule has 0 spiro atoms. The molecule has 0 aliphatic heterocycles. The normalized spacial score (nSPS) is 11.3. The average Bonchev–Trinajstić information content (AvgIpc) is 2.44. The molecular formula is C18H20O. The number of hydrogen-bond donors (Lipinski definition) is 0. The standard InChI is InChI=1S/C18H20O/c1-4-18(13-19,16-9-5-14(2)6-10-16)17-11-7-15(3)8-12-17/h5-13H,4H2,1-3H3. The monoisotopic (exact) mass is 252 g/mol. The Hall–Kier alpha value is -1.89. The fourth-order valence-corrected chi connectivity index (χ4v) is 2.50. The lowest BCUT2D eigenvalue weighted by Gasteiger charge is -2.28. The molecule has 0 N–H and O–H groups in total. The molecule has 1 nitrogen and oxygen atoms in total. The minimum absolute atomic E-state index is 0.526. The summed E-state index contributed by atoms with van der Waals surface area (Å²) in [7, 11) is 0. The Balaban J connectivity index is 2.56. The number of hydrogen-bond acceptors (Lipinski definition) is 1. The lowest BCUT2D eigenvalue weighted by atomic mass is 9.73. The Morgan fingerprint density at radius 2 is 1.21 bits per heavy atom. The second-order valence-corrected chi connectivity index (χ2v) is 5.17. The average molecular weight is 252 g/mol. The van der Waals surface area contributed by atoms with E-state index in [0.29, 0.717) is 0 Å². The molecule has 0 unspecified atom stereocenters. The van der Waals surface area contributed by atoms with Gasteiger partial charge in [0, 0.05) is 0 Å². The Labute approximate surface area is 115 Å². The summed E-state index contributed by atoms with van der Waals surface area (Å²) in [5, 5.41) is 0. The van der Waals surface area contributed by atoms with Gasteiger partial charge in [-0.1, -0.05) is 66.6 Å². The number of carbonyl (C=O) groups is 1. The topological polar surface area (TPSA) is 17.1 Å².